The largest absolute Gasteiger partial charge is 0.348 e. The van der Waals surface area contributed by atoms with Crippen LogP contribution in [0.25, 0.3) is 0 Å². The SMILES string of the molecule is O=C(CN1CCC[C@H]1Cn1cccn1)N[C@H](c1ccccc1)C1CC1. The molecule has 5 nitrogen and oxygen atoms in total. The second-order valence-corrected chi connectivity index (χ2v) is 7.29. The third-order valence-electron chi connectivity index (χ3n) is 5.37. The molecule has 0 spiro atoms. The number of hydrogen-bond donors (Lipinski definition) is 1. The minimum absolute atomic E-state index is 0.146. The van der Waals surface area contributed by atoms with E-state index in [0.717, 1.165) is 25.9 Å². The van der Waals surface area contributed by atoms with E-state index < -0.39 is 0 Å². The summed E-state index contributed by atoms with van der Waals surface area (Å²) < 4.78 is 1.97. The number of hydrogen-bond acceptors (Lipinski definition) is 3. The van der Waals surface area contributed by atoms with E-state index in [9.17, 15) is 4.79 Å². The van der Waals surface area contributed by atoms with Gasteiger partial charge >= 0.3 is 0 Å². The zero-order valence-corrected chi connectivity index (χ0v) is 14.6. The fraction of sp³-hybridized carbons (Fsp3) is 0.500. The Kier molecular flexibility index (Phi) is 4.83. The van der Waals surface area contributed by atoms with Crippen molar-refractivity contribution in [1.29, 1.82) is 0 Å². The number of aromatic nitrogens is 2. The highest BCUT2D eigenvalue weighted by atomic mass is 16.2. The minimum atomic E-state index is 0.146. The zero-order valence-electron chi connectivity index (χ0n) is 14.6. The topological polar surface area (TPSA) is 50.2 Å². The summed E-state index contributed by atoms with van der Waals surface area (Å²) in [5.74, 6) is 0.748. The van der Waals surface area contributed by atoms with Crippen molar-refractivity contribution in [1.82, 2.24) is 20.0 Å². The number of amides is 1. The summed E-state index contributed by atoms with van der Waals surface area (Å²) >= 11 is 0. The van der Waals surface area contributed by atoms with E-state index in [2.05, 4.69) is 39.6 Å². The van der Waals surface area contributed by atoms with Gasteiger partial charge in [0.2, 0.25) is 5.91 Å². The summed E-state index contributed by atoms with van der Waals surface area (Å²) in [5, 5.41) is 7.60. The molecule has 1 aliphatic heterocycles. The first-order valence-electron chi connectivity index (χ1n) is 9.35. The maximum Gasteiger partial charge on any atom is 0.234 e. The van der Waals surface area contributed by atoms with Crippen molar-refractivity contribution in [2.45, 2.75) is 44.3 Å². The Morgan fingerprint density at radius 2 is 2.04 bits per heavy atom. The molecular weight excluding hydrogens is 312 g/mol. The van der Waals surface area contributed by atoms with Gasteiger partial charge in [0, 0.05) is 18.4 Å². The molecule has 1 N–H and O–H groups in total. The van der Waals surface area contributed by atoms with Crippen LogP contribution in [-0.4, -0.2) is 39.7 Å². The van der Waals surface area contributed by atoms with Crippen LogP contribution in [0.2, 0.25) is 0 Å². The Bertz CT molecular complexity index is 681. The van der Waals surface area contributed by atoms with Crippen LogP contribution in [0.3, 0.4) is 0 Å². The van der Waals surface area contributed by atoms with Crippen molar-refractivity contribution in [3.8, 4) is 0 Å². The molecule has 0 unspecified atom stereocenters. The Labute approximate surface area is 149 Å². The van der Waals surface area contributed by atoms with E-state index in [4.69, 9.17) is 0 Å². The van der Waals surface area contributed by atoms with Crippen LogP contribution in [0.4, 0.5) is 0 Å². The van der Waals surface area contributed by atoms with Gasteiger partial charge in [0.25, 0.3) is 0 Å². The fourth-order valence-corrected chi connectivity index (χ4v) is 3.90. The number of carbonyl (C=O) groups is 1. The van der Waals surface area contributed by atoms with E-state index in [1.807, 2.05) is 29.2 Å². The molecule has 2 atom stereocenters. The predicted octanol–water partition coefficient (Wildman–Crippen LogP) is 2.62. The molecule has 5 heteroatoms. The predicted molar refractivity (Wildman–Crippen MR) is 96.9 cm³/mol. The van der Waals surface area contributed by atoms with Crippen LogP contribution < -0.4 is 5.32 Å². The zero-order chi connectivity index (χ0) is 17.1. The van der Waals surface area contributed by atoms with Crippen LogP contribution >= 0.6 is 0 Å². The molecule has 1 aliphatic carbocycles. The van der Waals surface area contributed by atoms with Gasteiger partial charge < -0.3 is 5.32 Å². The van der Waals surface area contributed by atoms with Gasteiger partial charge in [-0.2, -0.15) is 5.10 Å². The van der Waals surface area contributed by atoms with E-state index in [1.54, 1.807) is 0 Å². The van der Waals surface area contributed by atoms with Crippen molar-refractivity contribution in [2.24, 2.45) is 5.92 Å². The summed E-state index contributed by atoms with van der Waals surface area (Å²) in [6.45, 7) is 2.35. The van der Waals surface area contributed by atoms with E-state index >= 15 is 0 Å². The average Bonchev–Trinajstić information content (AvgIpc) is 3.17. The summed E-state index contributed by atoms with van der Waals surface area (Å²) in [7, 11) is 0. The quantitative estimate of drug-likeness (QED) is 0.844. The van der Waals surface area contributed by atoms with Gasteiger partial charge in [-0.05, 0) is 49.8 Å². The maximum absolute atomic E-state index is 12.7. The Balaban J connectivity index is 1.36. The third-order valence-corrected chi connectivity index (χ3v) is 5.37. The molecule has 1 amide bonds. The van der Waals surface area contributed by atoms with Crippen molar-refractivity contribution in [3.63, 3.8) is 0 Å². The van der Waals surface area contributed by atoms with Crippen LogP contribution in [0.5, 0.6) is 0 Å². The van der Waals surface area contributed by atoms with Gasteiger partial charge in [0.15, 0.2) is 0 Å². The molecule has 1 saturated heterocycles. The number of benzene rings is 1. The molecule has 0 radical (unpaired) electrons. The normalized spacial score (nSPS) is 22.0. The second-order valence-electron chi connectivity index (χ2n) is 7.29. The Morgan fingerprint density at radius 3 is 2.76 bits per heavy atom. The Morgan fingerprint density at radius 1 is 1.20 bits per heavy atom. The van der Waals surface area contributed by atoms with Crippen molar-refractivity contribution < 1.29 is 4.79 Å². The third kappa shape index (κ3) is 4.10. The first kappa shape index (κ1) is 16.3. The summed E-state index contributed by atoms with van der Waals surface area (Å²) in [6, 6.07) is 12.9. The molecule has 1 aromatic heterocycles. The molecule has 132 valence electrons. The summed E-state index contributed by atoms with van der Waals surface area (Å²) in [6.07, 6.45) is 8.53. The monoisotopic (exact) mass is 338 g/mol. The van der Waals surface area contributed by atoms with Gasteiger partial charge in [-0.3, -0.25) is 14.4 Å². The van der Waals surface area contributed by atoms with Gasteiger partial charge in [0.1, 0.15) is 0 Å². The molecule has 1 saturated carbocycles. The summed E-state index contributed by atoms with van der Waals surface area (Å²) in [4.78, 5) is 15.0. The molecule has 2 aromatic rings. The summed E-state index contributed by atoms with van der Waals surface area (Å²) in [5.41, 5.74) is 1.23. The lowest BCUT2D eigenvalue weighted by Gasteiger charge is -2.26. The lowest BCUT2D eigenvalue weighted by Crippen LogP contribution is -2.42. The van der Waals surface area contributed by atoms with E-state index in [0.29, 0.717) is 18.5 Å². The minimum Gasteiger partial charge on any atom is -0.348 e. The molecule has 2 aliphatic rings. The molecule has 0 bridgehead atoms. The van der Waals surface area contributed by atoms with E-state index in [-0.39, 0.29) is 11.9 Å². The average molecular weight is 338 g/mol. The number of nitrogens with zero attached hydrogens (tertiary/aromatic N) is 3. The van der Waals surface area contributed by atoms with Gasteiger partial charge in [0.05, 0.1) is 19.1 Å². The molecule has 4 rings (SSSR count). The number of carbonyl (C=O) groups excluding carboxylic acids is 1. The molecule has 2 heterocycles. The molecular formula is C20H26N4O. The number of rotatable bonds is 7. The highest BCUT2D eigenvalue weighted by Gasteiger charge is 2.34. The van der Waals surface area contributed by atoms with Gasteiger partial charge in [-0.15, -0.1) is 0 Å². The lowest BCUT2D eigenvalue weighted by molar-refractivity contribution is -0.123. The molecule has 2 fully saturated rings. The number of nitrogens with one attached hydrogen (secondary N) is 1. The smallest absolute Gasteiger partial charge is 0.234 e. The van der Waals surface area contributed by atoms with Crippen LogP contribution in [-0.2, 0) is 11.3 Å². The highest BCUT2D eigenvalue weighted by molar-refractivity contribution is 5.78. The highest BCUT2D eigenvalue weighted by Crippen LogP contribution is 2.40. The second kappa shape index (κ2) is 7.40. The van der Waals surface area contributed by atoms with Crippen LogP contribution in [0.15, 0.2) is 48.8 Å². The number of likely N-dealkylation sites (tertiary alicyclic amines) is 1. The molecule has 25 heavy (non-hydrogen) atoms. The van der Waals surface area contributed by atoms with Gasteiger partial charge in [-0.1, -0.05) is 30.3 Å². The standard InChI is InChI=1S/C20H26N4O/c25-19(22-20(17-9-10-17)16-6-2-1-3-7-16)15-23-12-4-8-18(23)14-24-13-5-11-21-24/h1-3,5-7,11,13,17-18,20H,4,8-10,12,14-15H2,(H,22,25)/t18-,20+/m0/s1. The van der Waals surface area contributed by atoms with Crippen molar-refractivity contribution >= 4 is 5.91 Å². The fourth-order valence-electron chi connectivity index (χ4n) is 3.90. The lowest BCUT2D eigenvalue weighted by atomic mass is 10.0. The van der Waals surface area contributed by atoms with Crippen LogP contribution in [0, 0.1) is 5.92 Å². The molecule has 1 aromatic carbocycles. The first-order valence-corrected chi connectivity index (χ1v) is 9.35. The van der Waals surface area contributed by atoms with Crippen molar-refractivity contribution in [3.05, 3.63) is 54.4 Å². The Hall–Kier alpha value is -2.14. The van der Waals surface area contributed by atoms with Crippen molar-refractivity contribution in [2.75, 3.05) is 13.1 Å². The maximum atomic E-state index is 12.7. The van der Waals surface area contributed by atoms with Crippen LogP contribution in [0.1, 0.15) is 37.3 Å². The van der Waals surface area contributed by atoms with Gasteiger partial charge in [-0.25, -0.2) is 0 Å². The first-order chi connectivity index (χ1) is 12.3. The van der Waals surface area contributed by atoms with E-state index in [1.165, 1.54) is 18.4 Å².